The van der Waals surface area contributed by atoms with Crippen LogP contribution in [-0.4, -0.2) is 54.6 Å². The van der Waals surface area contributed by atoms with Gasteiger partial charge in [-0.25, -0.2) is 0 Å². The SMILES string of the molecule is OO.OO.OO.[MgH2]. The van der Waals surface area contributed by atoms with Gasteiger partial charge in [-0.2, -0.15) is 0 Å². The summed E-state index contributed by atoms with van der Waals surface area (Å²) >= 11 is 0. The molecule has 0 aromatic rings. The highest BCUT2D eigenvalue weighted by Crippen LogP contribution is 0.715. The molecular weight excluding hydrogens is 120 g/mol. The van der Waals surface area contributed by atoms with Crippen molar-refractivity contribution in [2.45, 2.75) is 0 Å². The van der Waals surface area contributed by atoms with Crippen LogP contribution in [0, 0.1) is 0 Å². The zero-order valence-corrected chi connectivity index (χ0v) is 2.68. The lowest BCUT2D eigenvalue weighted by Crippen LogP contribution is -1.29. The second-order valence-corrected chi connectivity index (χ2v) is 0. The Labute approximate surface area is 55.2 Å². The maximum Gasteiger partial charge on any atom is 0.316 e. The summed E-state index contributed by atoms with van der Waals surface area (Å²) in [5.41, 5.74) is 0. The molecule has 0 heterocycles. The molecule has 0 aromatic heterocycles. The maximum atomic E-state index is 6.00. The molecule has 0 bridgehead atoms. The van der Waals surface area contributed by atoms with Gasteiger partial charge < -0.3 is 0 Å². The molecule has 6 N–H and O–H groups in total. The monoisotopic (exact) mass is 128 g/mol. The third-order valence-electron chi connectivity index (χ3n) is 0. The Morgan fingerprint density at radius 3 is 0.429 bits per heavy atom. The molecule has 0 aliphatic heterocycles. The van der Waals surface area contributed by atoms with E-state index < -0.39 is 0 Å². The summed E-state index contributed by atoms with van der Waals surface area (Å²) in [6.07, 6.45) is 0. The summed E-state index contributed by atoms with van der Waals surface area (Å²) in [4.78, 5) is 0. The van der Waals surface area contributed by atoms with Gasteiger partial charge in [-0.15, -0.1) is 0 Å². The van der Waals surface area contributed by atoms with Gasteiger partial charge in [-0.05, 0) is 0 Å². The second kappa shape index (κ2) is 720. The van der Waals surface area contributed by atoms with E-state index >= 15 is 0 Å². The minimum atomic E-state index is 0. The van der Waals surface area contributed by atoms with E-state index in [-0.39, 0.29) is 23.1 Å². The molecule has 6 nitrogen and oxygen atoms in total. The number of hydrogen-bond acceptors (Lipinski definition) is 6. The summed E-state index contributed by atoms with van der Waals surface area (Å²) in [5, 5.41) is 36.0. The molecular formula is H8MgO6. The summed E-state index contributed by atoms with van der Waals surface area (Å²) in [5.74, 6) is 0. The lowest BCUT2D eigenvalue weighted by molar-refractivity contribution is -0.176. The van der Waals surface area contributed by atoms with Crippen molar-refractivity contribution >= 4 is 23.1 Å². The van der Waals surface area contributed by atoms with Crippen molar-refractivity contribution in [1.29, 1.82) is 0 Å². The van der Waals surface area contributed by atoms with Crippen LogP contribution in [0.4, 0.5) is 0 Å². The van der Waals surface area contributed by atoms with Crippen molar-refractivity contribution in [3.63, 3.8) is 0 Å². The summed E-state index contributed by atoms with van der Waals surface area (Å²) in [6, 6.07) is 0. The van der Waals surface area contributed by atoms with E-state index in [4.69, 9.17) is 31.5 Å². The zero-order chi connectivity index (χ0) is 6.00. The van der Waals surface area contributed by atoms with E-state index in [1.165, 1.54) is 0 Å². The van der Waals surface area contributed by atoms with Gasteiger partial charge in [0.15, 0.2) is 0 Å². The van der Waals surface area contributed by atoms with Crippen LogP contribution in [0.15, 0.2) is 0 Å². The van der Waals surface area contributed by atoms with E-state index in [2.05, 4.69) is 0 Å². The normalized spacial score (nSPS) is 2.57. The minimum Gasteiger partial charge on any atom is -0.255 e. The van der Waals surface area contributed by atoms with Gasteiger partial charge in [-0.1, -0.05) is 0 Å². The van der Waals surface area contributed by atoms with E-state index in [0.717, 1.165) is 0 Å². The molecule has 0 atom stereocenters. The third-order valence-corrected chi connectivity index (χ3v) is 0. The molecule has 0 amide bonds. The zero-order valence-electron chi connectivity index (χ0n) is 2.68. The Hall–Kier alpha value is 0.526. The highest BCUT2D eigenvalue weighted by atomic mass is 24.3. The Kier molecular flexibility index (Phi) is 2650. The molecule has 0 fully saturated rings. The summed E-state index contributed by atoms with van der Waals surface area (Å²) in [6.45, 7) is 0. The van der Waals surface area contributed by atoms with Crippen molar-refractivity contribution < 1.29 is 31.5 Å². The van der Waals surface area contributed by atoms with Crippen molar-refractivity contribution in [3.8, 4) is 0 Å². The molecule has 0 saturated heterocycles. The van der Waals surface area contributed by atoms with Crippen molar-refractivity contribution in [2.75, 3.05) is 0 Å². The molecule has 0 spiro atoms. The first-order valence-electron chi connectivity index (χ1n) is 0.600. The van der Waals surface area contributed by atoms with Crippen molar-refractivity contribution in [1.82, 2.24) is 0 Å². The van der Waals surface area contributed by atoms with Crippen LogP contribution >= 0.6 is 0 Å². The van der Waals surface area contributed by atoms with E-state index in [0.29, 0.717) is 0 Å². The van der Waals surface area contributed by atoms with Crippen LogP contribution in [0.5, 0.6) is 0 Å². The van der Waals surface area contributed by atoms with Crippen LogP contribution in [0.3, 0.4) is 0 Å². The van der Waals surface area contributed by atoms with Gasteiger partial charge in [-0.3, -0.25) is 31.5 Å². The van der Waals surface area contributed by atoms with Crippen LogP contribution in [0.2, 0.25) is 0 Å². The standard InChI is InChI=1S/Mg.3H2O2.2H/c;3*1-2;;/h;3*1-2H;;. The molecule has 0 aliphatic rings. The van der Waals surface area contributed by atoms with Crippen molar-refractivity contribution in [2.24, 2.45) is 0 Å². The molecule has 46 valence electrons. The average molecular weight is 128 g/mol. The molecule has 0 unspecified atom stereocenters. The van der Waals surface area contributed by atoms with Gasteiger partial charge in [0.1, 0.15) is 0 Å². The largest absolute Gasteiger partial charge is 0.316 e. The van der Waals surface area contributed by atoms with E-state index in [1.54, 1.807) is 0 Å². The molecule has 0 saturated carbocycles. The van der Waals surface area contributed by atoms with Crippen LogP contribution in [0.25, 0.3) is 0 Å². The molecule has 0 radical (unpaired) electrons. The Morgan fingerprint density at radius 2 is 0.429 bits per heavy atom. The topological polar surface area (TPSA) is 121 Å². The summed E-state index contributed by atoms with van der Waals surface area (Å²) in [7, 11) is 0. The third kappa shape index (κ3) is 483. The summed E-state index contributed by atoms with van der Waals surface area (Å²) < 4.78 is 0. The average Bonchev–Trinajstić information content (AvgIpc) is 1.81. The first-order valence-corrected chi connectivity index (χ1v) is 0.600. The maximum absolute atomic E-state index is 6.00. The van der Waals surface area contributed by atoms with E-state index in [9.17, 15) is 0 Å². The highest BCUT2D eigenvalue weighted by Gasteiger charge is 0.749. The van der Waals surface area contributed by atoms with Crippen LogP contribution in [-0.2, 0) is 0 Å². The van der Waals surface area contributed by atoms with E-state index in [1.807, 2.05) is 0 Å². The van der Waals surface area contributed by atoms with Crippen molar-refractivity contribution in [3.05, 3.63) is 0 Å². The van der Waals surface area contributed by atoms with Gasteiger partial charge in [0.25, 0.3) is 0 Å². The van der Waals surface area contributed by atoms with Crippen LogP contribution < -0.4 is 0 Å². The Morgan fingerprint density at radius 1 is 0.429 bits per heavy atom. The first-order chi connectivity index (χ1) is 3.00. The molecule has 7 heavy (non-hydrogen) atoms. The molecule has 0 aliphatic carbocycles. The quantitative estimate of drug-likeness (QED) is 0.143. The fourth-order valence-corrected chi connectivity index (χ4v) is 0. The fraction of sp³-hybridized carbons (Fsp3) is 0. The molecule has 0 rings (SSSR count). The highest BCUT2D eigenvalue weighted by molar-refractivity contribution is 5.75. The smallest absolute Gasteiger partial charge is 0.255 e. The predicted octanol–water partition coefficient (Wildman–Crippen LogP) is -0.864. The number of hydrogen-bond donors (Lipinski definition) is 6. The predicted molar refractivity (Wildman–Crippen MR) is 24.3 cm³/mol. The van der Waals surface area contributed by atoms with Gasteiger partial charge in [0, 0.05) is 0 Å². The Balaban J connectivity index is -0.00000000900. The second-order valence-electron chi connectivity index (χ2n) is 0. The molecule has 0 aromatic carbocycles. The minimum absolute atomic E-state index is 0. The van der Waals surface area contributed by atoms with Crippen LogP contribution in [0.1, 0.15) is 0 Å². The van der Waals surface area contributed by atoms with Gasteiger partial charge in [0.05, 0.1) is 0 Å². The lowest BCUT2D eigenvalue weighted by Gasteiger charge is -1.25. The number of rotatable bonds is 0. The lowest BCUT2D eigenvalue weighted by atomic mass is 15.0. The molecule has 7 heteroatoms. The fourth-order valence-electron chi connectivity index (χ4n) is 0. The Bertz CT molecular complexity index is 4.14. The first kappa shape index (κ1) is 25.8. The van der Waals surface area contributed by atoms with Gasteiger partial charge >= 0.3 is 23.1 Å². The van der Waals surface area contributed by atoms with Gasteiger partial charge in [0.2, 0.25) is 0 Å².